The van der Waals surface area contributed by atoms with E-state index in [4.69, 9.17) is 9.73 Å². The molecule has 2 aromatic carbocycles. The van der Waals surface area contributed by atoms with Crippen molar-refractivity contribution >= 4 is 17.0 Å². The molecule has 0 aliphatic heterocycles. The van der Waals surface area contributed by atoms with E-state index >= 15 is 0 Å². The van der Waals surface area contributed by atoms with Gasteiger partial charge in [0.1, 0.15) is 5.75 Å². The Hall–Kier alpha value is -3.12. The molecule has 0 aliphatic carbocycles. The SMILES string of the molecule is CCc1cccc(CC)c1N=c1scc(-c2ccccc2OC)n1CCCn1ccnc1. The van der Waals surface area contributed by atoms with Crippen molar-refractivity contribution in [2.45, 2.75) is 46.2 Å². The molecule has 0 N–H and O–H groups in total. The van der Waals surface area contributed by atoms with E-state index in [2.05, 4.69) is 63.7 Å². The number of thiazole rings is 1. The standard InChI is InChI=1S/C26H30N4OS/c1-4-20-10-8-11-21(5-2)25(20)28-26-30(16-9-15-29-17-14-27-19-29)23(18-32-26)22-12-6-7-13-24(22)31-3/h6-8,10-14,17-19H,4-5,9,15-16H2,1-3H3. The minimum absolute atomic E-state index is 0.865. The van der Waals surface area contributed by atoms with Gasteiger partial charge in [-0.2, -0.15) is 0 Å². The Morgan fingerprint density at radius 3 is 2.47 bits per heavy atom. The Balaban J connectivity index is 1.81. The fourth-order valence-corrected chi connectivity index (χ4v) is 4.92. The van der Waals surface area contributed by atoms with Gasteiger partial charge in [0.25, 0.3) is 0 Å². The number of methoxy groups -OCH3 is 1. The average molecular weight is 447 g/mol. The van der Waals surface area contributed by atoms with Crippen LogP contribution in [0.5, 0.6) is 5.75 Å². The van der Waals surface area contributed by atoms with Gasteiger partial charge in [-0.15, -0.1) is 11.3 Å². The molecular weight excluding hydrogens is 416 g/mol. The fourth-order valence-electron chi connectivity index (χ4n) is 3.99. The molecule has 0 spiro atoms. The van der Waals surface area contributed by atoms with E-state index in [1.165, 1.54) is 11.1 Å². The number of imidazole rings is 1. The normalized spacial score (nSPS) is 11.8. The molecule has 32 heavy (non-hydrogen) atoms. The number of hydrogen-bond acceptors (Lipinski definition) is 4. The van der Waals surface area contributed by atoms with Crippen LogP contribution in [0.2, 0.25) is 0 Å². The Morgan fingerprint density at radius 2 is 1.78 bits per heavy atom. The predicted molar refractivity (Wildman–Crippen MR) is 132 cm³/mol. The summed E-state index contributed by atoms with van der Waals surface area (Å²) in [5.41, 5.74) is 5.94. The lowest BCUT2D eigenvalue weighted by atomic mass is 10.0. The van der Waals surface area contributed by atoms with Crippen LogP contribution in [0.3, 0.4) is 0 Å². The van der Waals surface area contributed by atoms with Gasteiger partial charge >= 0.3 is 0 Å². The highest BCUT2D eigenvalue weighted by molar-refractivity contribution is 7.07. The third kappa shape index (κ3) is 4.70. The van der Waals surface area contributed by atoms with Crippen molar-refractivity contribution in [1.29, 1.82) is 0 Å². The summed E-state index contributed by atoms with van der Waals surface area (Å²) in [6.07, 6.45) is 8.63. The highest BCUT2D eigenvalue weighted by Gasteiger charge is 2.13. The van der Waals surface area contributed by atoms with Crippen LogP contribution in [0.15, 0.2) is 71.6 Å². The molecule has 0 bridgehead atoms. The van der Waals surface area contributed by atoms with Crippen LogP contribution in [-0.2, 0) is 25.9 Å². The number of rotatable bonds is 9. The number of benzene rings is 2. The van der Waals surface area contributed by atoms with Crippen molar-refractivity contribution in [3.05, 3.63) is 82.5 Å². The Kier molecular flexibility index (Phi) is 7.22. The van der Waals surface area contributed by atoms with E-state index in [-0.39, 0.29) is 0 Å². The zero-order valence-corrected chi connectivity index (χ0v) is 19.8. The van der Waals surface area contributed by atoms with E-state index < -0.39 is 0 Å². The molecule has 0 aliphatic rings. The maximum absolute atomic E-state index is 5.67. The van der Waals surface area contributed by atoms with Gasteiger partial charge in [-0.1, -0.05) is 44.2 Å². The molecule has 4 rings (SSSR count). The zero-order valence-electron chi connectivity index (χ0n) is 19.0. The summed E-state index contributed by atoms with van der Waals surface area (Å²) in [6, 6.07) is 14.7. The molecule has 0 fully saturated rings. The van der Waals surface area contributed by atoms with Crippen molar-refractivity contribution in [3.63, 3.8) is 0 Å². The fraction of sp³-hybridized carbons (Fsp3) is 0.308. The van der Waals surface area contributed by atoms with Gasteiger partial charge in [0.15, 0.2) is 4.80 Å². The zero-order chi connectivity index (χ0) is 22.3. The summed E-state index contributed by atoms with van der Waals surface area (Å²) < 4.78 is 10.1. The lowest BCUT2D eigenvalue weighted by molar-refractivity contribution is 0.416. The maximum atomic E-state index is 5.67. The molecule has 2 heterocycles. The summed E-state index contributed by atoms with van der Waals surface area (Å²) in [6.45, 7) is 6.17. The van der Waals surface area contributed by atoms with Gasteiger partial charge in [0.2, 0.25) is 0 Å². The summed E-state index contributed by atoms with van der Waals surface area (Å²) in [5.74, 6) is 0.878. The monoisotopic (exact) mass is 446 g/mol. The van der Waals surface area contributed by atoms with E-state index in [1.54, 1.807) is 18.4 Å². The summed E-state index contributed by atoms with van der Waals surface area (Å²) in [7, 11) is 1.73. The largest absolute Gasteiger partial charge is 0.496 e. The van der Waals surface area contributed by atoms with Gasteiger partial charge in [-0.05, 0) is 42.5 Å². The molecule has 6 heteroatoms. The number of nitrogens with zero attached hydrogens (tertiary/aromatic N) is 4. The molecule has 0 radical (unpaired) electrons. The molecule has 0 saturated carbocycles. The number of aromatic nitrogens is 3. The van der Waals surface area contributed by atoms with Gasteiger partial charge in [0, 0.05) is 36.4 Å². The Bertz CT molecular complexity index is 1200. The van der Waals surface area contributed by atoms with Crippen LogP contribution in [0.25, 0.3) is 11.3 Å². The predicted octanol–water partition coefficient (Wildman–Crippen LogP) is 5.87. The first-order valence-electron chi connectivity index (χ1n) is 11.2. The summed E-state index contributed by atoms with van der Waals surface area (Å²) in [5, 5.41) is 2.20. The number of para-hydroxylation sites is 2. The van der Waals surface area contributed by atoms with E-state index in [1.807, 2.05) is 30.9 Å². The topological polar surface area (TPSA) is 44.3 Å². The first kappa shape index (κ1) is 22.1. The van der Waals surface area contributed by atoms with Crippen LogP contribution in [0, 0.1) is 0 Å². The lowest BCUT2D eigenvalue weighted by Crippen LogP contribution is -2.17. The molecule has 2 aromatic heterocycles. The summed E-state index contributed by atoms with van der Waals surface area (Å²) in [4.78, 5) is 10.4. The second kappa shape index (κ2) is 10.5. The van der Waals surface area contributed by atoms with Crippen LogP contribution in [-0.4, -0.2) is 21.2 Å². The van der Waals surface area contributed by atoms with Crippen LogP contribution in [0.4, 0.5) is 5.69 Å². The molecule has 166 valence electrons. The second-order valence-corrected chi connectivity index (χ2v) is 8.49. The molecule has 5 nitrogen and oxygen atoms in total. The number of ether oxygens (including phenoxy) is 1. The van der Waals surface area contributed by atoms with Crippen molar-refractivity contribution < 1.29 is 4.74 Å². The lowest BCUT2D eigenvalue weighted by Gasteiger charge is -2.13. The van der Waals surface area contributed by atoms with Gasteiger partial charge in [-0.3, -0.25) is 0 Å². The summed E-state index contributed by atoms with van der Waals surface area (Å²) >= 11 is 1.69. The maximum Gasteiger partial charge on any atom is 0.190 e. The Labute approximate surface area is 193 Å². The average Bonchev–Trinajstić information content (AvgIpc) is 3.49. The molecule has 0 saturated heterocycles. The molecule has 0 atom stereocenters. The third-order valence-corrected chi connectivity index (χ3v) is 6.57. The minimum Gasteiger partial charge on any atom is -0.496 e. The first-order chi connectivity index (χ1) is 15.7. The minimum atomic E-state index is 0.865. The van der Waals surface area contributed by atoms with Crippen molar-refractivity contribution in [2.24, 2.45) is 4.99 Å². The first-order valence-corrected chi connectivity index (χ1v) is 12.1. The number of hydrogen-bond donors (Lipinski definition) is 0. The van der Waals surface area contributed by atoms with Gasteiger partial charge in [-0.25, -0.2) is 9.98 Å². The number of aryl methyl sites for hydroxylation is 3. The van der Waals surface area contributed by atoms with Crippen LogP contribution >= 0.6 is 11.3 Å². The molecule has 0 unspecified atom stereocenters. The van der Waals surface area contributed by atoms with Crippen molar-refractivity contribution in [2.75, 3.05) is 7.11 Å². The Morgan fingerprint density at radius 1 is 1.00 bits per heavy atom. The van der Waals surface area contributed by atoms with Crippen molar-refractivity contribution in [3.8, 4) is 17.0 Å². The van der Waals surface area contributed by atoms with Crippen LogP contribution in [0.1, 0.15) is 31.4 Å². The molecule has 0 amide bonds. The smallest absolute Gasteiger partial charge is 0.190 e. The van der Waals surface area contributed by atoms with E-state index in [0.717, 1.165) is 59.8 Å². The van der Waals surface area contributed by atoms with Crippen molar-refractivity contribution in [1.82, 2.24) is 14.1 Å². The highest BCUT2D eigenvalue weighted by atomic mass is 32.1. The highest BCUT2D eigenvalue weighted by Crippen LogP contribution is 2.31. The molecule has 4 aromatic rings. The van der Waals surface area contributed by atoms with Crippen LogP contribution < -0.4 is 9.54 Å². The quantitative estimate of drug-likeness (QED) is 0.323. The second-order valence-electron chi connectivity index (χ2n) is 7.65. The molecular formula is C26H30N4OS. The third-order valence-electron chi connectivity index (χ3n) is 5.71. The van der Waals surface area contributed by atoms with Gasteiger partial charge < -0.3 is 13.9 Å². The van der Waals surface area contributed by atoms with E-state index in [0.29, 0.717) is 0 Å². The van der Waals surface area contributed by atoms with E-state index in [9.17, 15) is 0 Å². The van der Waals surface area contributed by atoms with Gasteiger partial charge in [0.05, 0.1) is 24.8 Å².